The quantitative estimate of drug-likeness (QED) is 0.903. The summed E-state index contributed by atoms with van der Waals surface area (Å²) in [6.45, 7) is 8.09. The molecule has 1 atom stereocenters. The van der Waals surface area contributed by atoms with E-state index in [1.54, 1.807) is 17.5 Å². The van der Waals surface area contributed by atoms with Crippen LogP contribution >= 0.6 is 11.3 Å². The fraction of sp³-hybridized carbons (Fsp3) is 0.429. The summed E-state index contributed by atoms with van der Waals surface area (Å²) in [5.41, 5.74) is 1.05. The number of nitrogens with one attached hydrogen (secondary N) is 1. The molecule has 1 N–H and O–H groups in total. The number of thiazole rings is 1. The highest BCUT2D eigenvalue weighted by Gasteiger charge is 2.13. The highest BCUT2D eigenvalue weighted by atomic mass is 32.1. The molecule has 102 valence electrons. The van der Waals surface area contributed by atoms with E-state index in [9.17, 15) is 0 Å². The van der Waals surface area contributed by atoms with E-state index in [-0.39, 0.29) is 12.1 Å². The zero-order valence-corrected chi connectivity index (χ0v) is 12.5. The lowest BCUT2D eigenvalue weighted by atomic mass is 10.3. The van der Waals surface area contributed by atoms with Gasteiger partial charge >= 0.3 is 0 Å². The van der Waals surface area contributed by atoms with E-state index in [2.05, 4.69) is 27.6 Å². The molecule has 0 aromatic carbocycles. The Balaban J connectivity index is 2.14. The summed E-state index contributed by atoms with van der Waals surface area (Å²) < 4.78 is 5.75. The second kappa shape index (κ2) is 6.02. The molecule has 0 saturated carbocycles. The van der Waals surface area contributed by atoms with Crippen molar-refractivity contribution in [2.75, 3.05) is 5.32 Å². The molecule has 0 aliphatic heterocycles. The summed E-state index contributed by atoms with van der Waals surface area (Å²) in [6, 6.07) is 3.92. The maximum Gasteiger partial charge on any atom is 0.169 e. The van der Waals surface area contributed by atoms with Crippen LogP contribution in [0.5, 0.6) is 5.75 Å². The molecule has 0 radical (unpaired) electrons. The minimum absolute atomic E-state index is 0.114. The number of hydrogen-bond acceptors (Lipinski definition) is 5. The Hall–Kier alpha value is -1.62. The van der Waals surface area contributed by atoms with Crippen LogP contribution in [0.2, 0.25) is 0 Å². The molecule has 0 saturated heterocycles. The lowest BCUT2D eigenvalue weighted by Crippen LogP contribution is -2.12. The lowest BCUT2D eigenvalue weighted by Gasteiger charge is -2.17. The summed E-state index contributed by atoms with van der Waals surface area (Å²) in [7, 11) is 0. The molecule has 2 aromatic heterocycles. The van der Waals surface area contributed by atoms with E-state index in [4.69, 9.17) is 4.74 Å². The summed E-state index contributed by atoms with van der Waals surface area (Å²) >= 11 is 1.65. The van der Waals surface area contributed by atoms with Gasteiger partial charge in [0.2, 0.25) is 0 Å². The number of rotatable bonds is 5. The van der Waals surface area contributed by atoms with E-state index in [1.165, 1.54) is 0 Å². The summed E-state index contributed by atoms with van der Waals surface area (Å²) in [5.74, 6) is 1.54. The molecule has 5 heteroatoms. The van der Waals surface area contributed by atoms with Gasteiger partial charge < -0.3 is 10.1 Å². The van der Waals surface area contributed by atoms with Gasteiger partial charge in [-0.2, -0.15) is 0 Å². The molecule has 0 aliphatic carbocycles. The third kappa shape index (κ3) is 3.67. The molecule has 4 nitrogen and oxygen atoms in total. The first kappa shape index (κ1) is 13.8. The number of nitrogens with zero attached hydrogens (tertiary/aromatic N) is 2. The highest BCUT2D eigenvalue weighted by Crippen LogP contribution is 2.27. The van der Waals surface area contributed by atoms with Crippen LogP contribution in [-0.2, 0) is 0 Å². The number of pyridine rings is 1. The Bertz CT molecular complexity index is 539. The topological polar surface area (TPSA) is 47.0 Å². The van der Waals surface area contributed by atoms with Crippen LogP contribution in [0.25, 0.3) is 0 Å². The number of aryl methyl sites for hydroxylation is 1. The van der Waals surface area contributed by atoms with Crippen molar-refractivity contribution >= 4 is 17.2 Å². The van der Waals surface area contributed by atoms with Crippen LogP contribution in [0.1, 0.15) is 37.5 Å². The monoisotopic (exact) mass is 277 g/mol. The van der Waals surface area contributed by atoms with Crippen LogP contribution in [0.15, 0.2) is 23.7 Å². The van der Waals surface area contributed by atoms with Gasteiger partial charge in [0.25, 0.3) is 0 Å². The van der Waals surface area contributed by atoms with E-state index in [0.717, 1.165) is 22.3 Å². The molecule has 2 aromatic rings. The first-order valence-corrected chi connectivity index (χ1v) is 7.24. The summed E-state index contributed by atoms with van der Waals surface area (Å²) in [5, 5.41) is 6.46. The summed E-state index contributed by atoms with van der Waals surface area (Å²) in [4.78, 5) is 8.83. The largest absolute Gasteiger partial charge is 0.487 e. The first-order chi connectivity index (χ1) is 9.06. The number of anilines is 1. The fourth-order valence-corrected chi connectivity index (χ4v) is 2.49. The first-order valence-electron chi connectivity index (χ1n) is 6.36. The molecular formula is C14H19N3OS. The third-order valence-electron chi connectivity index (χ3n) is 2.49. The third-order valence-corrected chi connectivity index (χ3v) is 3.64. The Morgan fingerprint density at radius 2 is 2.11 bits per heavy atom. The Labute approximate surface area is 117 Å². The van der Waals surface area contributed by atoms with Crippen molar-refractivity contribution in [3.05, 3.63) is 34.4 Å². The second-order valence-corrected chi connectivity index (χ2v) is 5.60. The maximum absolute atomic E-state index is 5.75. The Kier molecular flexibility index (Phi) is 4.37. The van der Waals surface area contributed by atoms with Crippen molar-refractivity contribution in [3.8, 4) is 5.75 Å². The minimum atomic E-state index is 0.114. The molecule has 0 bridgehead atoms. The maximum atomic E-state index is 5.75. The number of aromatic nitrogens is 2. The number of ether oxygens (including phenoxy) is 1. The van der Waals surface area contributed by atoms with Gasteiger partial charge in [0.15, 0.2) is 11.6 Å². The van der Waals surface area contributed by atoms with Crippen molar-refractivity contribution < 1.29 is 4.74 Å². The normalized spacial score (nSPS) is 12.5. The molecule has 19 heavy (non-hydrogen) atoms. The van der Waals surface area contributed by atoms with Gasteiger partial charge in [-0.05, 0) is 39.8 Å². The molecule has 2 heterocycles. The average Bonchev–Trinajstić information content (AvgIpc) is 2.78. The standard InChI is InChI=1S/C14H19N3OS/c1-9(2)18-12-6-5-7-15-13(12)17-11(4)14-16-10(3)8-19-14/h5-9,11H,1-4H3,(H,15,17). The molecule has 0 amide bonds. The summed E-state index contributed by atoms with van der Waals surface area (Å²) in [6.07, 6.45) is 1.89. The van der Waals surface area contributed by atoms with E-state index in [0.29, 0.717) is 0 Å². The van der Waals surface area contributed by atoms with E-state index >= 15 is 0 Å². The SMILES string of the molecule is Cc1csc(C(C)Nc2ncccc2OC(C)C)n1. The Morgan fingerprint density at radius 3 is 2.74 bits per heavy atom. The smallest absolute Gasteiger partial charge is 0.169 e. The van der Waals surface area contributed by atoms with Gasteiger partial charge in [0.05, 0.1) is 12.1 Å². The molecule has 0 spiro atoms. The molecule has 1 unspecified atom stereocenters. The average molecular weight is 277 g/mol. The van der Waals surface area contributed by atoms with Crippen LogP contribution in [0, 0.1) is 6.92 Å². The number of hydrogen-bond donors (Lipinski definition) is 1. The van der Waals surface area contributed by atoms with Crippen LogP contribution in [0.4, 0.5) is 5.82 Å². The van der Waals surface area contributed by atoms with Gasteiger partial charge in [-0.25, -0.2) is 9.97 Å². The van der Waals surface area contributed by atoms with Crippen molar-refractivity contribution in [1.82, 2.24) is 9.97 Å². The lowest BCUT2D eigenvalue weighted by molar-refractivity contribution is 0.242. The molecule has 0 fully saturated rings. The molecular weight excluding hydrogens is 258 g/mol. The highest BCUT2D eigenvalue weighted by molar-refractivity contribution is 7.09. The van der Waals surface area contributed by atoms with Crippen LogP contribution < -0.4 is 10.1 Å². The molecule has 2 rings (SSSR count). The molecule has 0 aliphatic rings. The van der Waals surface area contributed by atoms with Gasteiger partial charge in [-0.15, -0.1) is 11.3 Å². The van der Waals surface area contributed by atoms with Crippen LogP contribution in [-0.4, -0.2) is 16.1 Å². The van der Waals surface area contributed by atoms with Gasteiger partial charge in [-0.3, -0.25) is 0 Å². The van der Waals surface area contributed by atoms with E-state index < -0.39 is 0 Å². The van der Waals surface area contributed by atoms with Crippen molar-refractivity contribution in [2.24, 2.45) is 0 Å². The Morgan fingerprint density at radius 1 is 1.32 bits per heavy atom. The van der Waals surface area contributed by atoms with E-state index in [1.807, 2.05) is 32.9 Å². The zero-order valence-electron chi connectivity index (χ0n) is 11.7. The van der Waals surface area contributed by atoms with Crippen molar-refractivity contribution in [1.29, 1.82) is 0 Å². The second-order valence-electron chi connectivity index (χ2n) is 4.71. The van der Waals surface area contributed by atoms with Crippen molar-refractivity contribution in [3.63, 3.8) is 0 Å². The predicted molar refractivity (Wildman–Crippen MR) is 78.9 cm³/mol. The zero-order chi connectivity index (χ0) is 13.8. The van der Waals surface area contributed by atoms with Crippen LogP contribution in [0.3, 0.4) is 0 Å². The van der Waals surface area contributed by atoms with Gasteiger partial charge in [0, 0.05) is 17.3 Å². The fourth-order valence-electron chi connectivity index (χ4n) is 1.69. The van der Waals surface area contributed by atoms with Gasteiger partial charge in [-0.1, -0.05) is 0 Å². The van der Waals surface area contributed by atoms with Gasteiger partial charge in [0.1, 0.15) is 5.01 Å². The minimum Gasteiger partial charge on any atom is -0.487 e. The van der Waals surface area contributed by atoms with Crippen molar-refractivity contribution in [2.45, 2.75) is 39.8 Å². The predicted octanol–water partition coefficient (Wildman–Crippen LogP) is 3.81.